The number of nitrogens with one attached hydrogen (secondary N) is 2. The molecule has 1 aliphatic heterocycles. The van der Waals surface area contributed by atoms with Gasteiger partial charge >= 0.3 is 6.18 Å². The van der Waals surface area contributed by atoms with Gasteiger partial charge in [0.05, 0.1) is 10.5 Å². The number of imide groups is 1. The maximum absolute atomic E-state index is 12.7. The van der Waals surface area contributed by atoms with E-state index in [0.29, 0.717) is 30.3 Å². The van der Waals surface area contributed by atoms with Gasteiger partial charge in [0.1, 0.15) is 6.54 Å². The molecule has 4 rings (SSSR count). The molecule has 0 saturated carbocycles. The van der Waals surface area contributed by atoms with E-state index in [1.807, 2.05) is 30.5 Å². The molecule has 1 fully saturated rings. The summed E-state index contributed by atoms with van der Waals surface area (Å²) in [7, 11) is 0. The Morgan fingerprint density at radius 3 is 2.55 bits per heavy atom. The molecule has 0 spiro atoms. The second-order valence-electron chi connectivity index (χ2n) is 7.35. The third-order valence-electron chi connectivity index (χ3n) is 5.10. The van der Waals surface area contributed by atoms with Gasteiger partial charge in [-0.2, -0.15) is 13.2 Å². The summed E-state index contributed by atoms with van der Waals surface area (Å²) in [6, 6.07) is 12.0. The van der Waals surface area contributed by atoms with Crippen molar-refractivity contribution in [1.29, 1.82) is 0 Å². The summed E-state index contributed by atoms with van der Waals surface area (Å²) in [6.07, 6.45) is -0.678. The lowest BCUT2D eigenvalue weighted by atomic mass is 10.1. The van der Waals surface area contributed by atoms with E-state index in [0.717, 1.165) is 33.5 Å². The number of nitrogens with zero attached hydrogens (tertiary/aromatic N) is 1. The van der Waals surface area contributed by atoms with Gasteiger partial charge in [0.2, 0.25) is 5.91 Å². The molecule has 10 heteroatoms. The Morgan fingerprint density at radius 1 is 1.09 bits per heavy atom. The predicted molar refractivity (Wildman–Crippen MR) is 119 cm³/mol. The highest BCUT2D eigenvalue weighted by molar-refractivity contribution is 8.18. The molecule has 1 aliphatic rings. The molecule has 2 heterocycles. The number of fused-ring (bicyclic) bond motifs is 1. The minimum absolute atomic E-state index is 0.0475. The Hall–Kier alpha value is -3.53. The van der Waals surface area contributed by atoms with Gasteiger partial charge < -0.3 is 10.3 Å². The fourth-order valence-corrected chi connectivity index (χ4v) is 4.27. The van der Waals surface area contributed by atoms with Gasteiger partial charge in [-0.1, -0.05) is 30.3 Å². The van der Waals surface area contributed by atoms with Crippen molar-refractivity contribution in [2.24, 2.45) is 0 Å². The summed E-state index contributed by atoms with van der Waals surface area (Å²) in [5, 5.41) is 3.16. The number of hydrogen-bond acceptors (Lipinski definition) is 4. The van der Waals surface area contributed by atoms with Crippen LogP contribution in [0.3, 0.4) is 0 Å². The molecule has 170 valence electrons. The zero-order valence-corrected chi connectivity index (χ0v) is 17.9. The Morgan fingerprint density at radius 2 is 1.82 bits per heavy atom. The fraction of sp³-hybridized carbons (Fsp3) is 0.174. The molecule has 0 aliphatic carbocycles. The van der Waals surface area contributed by atoms with Crippen LogP contribution in [0.2, 0.25) is 0 Å². The van der Waals surface area contributed by atoms with Crippen LogP contribution in [0.25, 0.3) is 17.0 Å². The number of para-hydroxylation sites is 1. The van der Waals surface area contributed by atoms with Crippen molar-refractivity contribution in [3.05, 3.63) is 76.3 Å². The largest absolute Gasteiger partial charge is 0.416 e. The van der Waals surface area contributed by atoms with E-state index in [4.69, 9.17) is 0 Å². The van der Waals surface area contributed by atoms with Crippen molar-refractivity contribution in [3.63, 3.8) is 0 Å². The van der Waals surface area contributed by atoms with Crippen LogP contribution in [-0.4, -0.2) is 40.0 Å². The third kappa shape index (κ3) is 5.11. The average molecular weight is 473 g/mol. The molecule has 2 N–H and O–H groups in total. The molecule has 0 atom stereocenters. The number of carbonyl (C=O) groups excluding carboxylic acids is 3. The maximum atomic E-state index is 12.7. The molecule has 6 nitrogen and oxygen atoms in total. The van der Waals surface area contributed by atoms with Gasteiger partial charge in [-0.25, -0.2) is 0 Å². The van der Waals surface area contributed by atoms with E-state index in [2.05, 4.69) is 10.3 Å². The van der Waals surface area contributed by atoms with E-state index >= 15 is 0 Å². The lowest BCUT2D eigenvalue weighted by Crippen LogP contribution is -2.40. The van der Waals surface area contributed by atoms with Crippen molar-refractivity contribution in [2.45, 2.75) is 12.6 Å². The van der Waals surface area contributed by atoms with E-state index in [9.17, 15) is 27.6 Å². The number of amides is 3. The first-order chi connectivity index (χ1) is 15.7. The lowest BCUT2D eigenvalue weighted by Gasteiger charge is -2.12. The van der Waals surface area contributed by atoms with Crippen LogP contribution in [0.5, 0.6) is 0 Å². The number of rotatable bonds is 6. The number of benzene rings is 2. The number of hydrogen-bond donors (Lipinski definition) is 2. The summed E-state index contributed by atoms with van der Waals surface area (Å²) in [6.45, 7) is -0.0960. The molecule has 0 radical (unpaired) electrons. The second-order valence-corrected chi connectivity index (χ2v) is 8.34. The van der Waals surface area contributed by atoms with Gasteiger partial charge in [0, 0.05) is 23.6 Å². The van der Waals surface area contributed by atoms with E-state index in [1.54, 1.807) is 0 Å². The second kappa shape index (κ2) is 9.14. The number of H-pyrrole nitrogens is 1. The van der Waals surface area contributed by atoms with Crippen molar-refractivity contribution >= 4 is 45.8 Å². The molecule has 2 aromatic carbocycles. The molecular weight excluding hydrogens is 455 g/mol. The van der Waals surface area contributed by atoms with Gasteiger partial charge in [-0.05, 0) is 53.6 Å². The minimum atomic E-state index is -4.46. The predicted octanol–water partition coefficient (Wildman–Crippen LogP) is 4.58. The van der Waals surface area contributed by atoms with Gasteiger partial charge in [-0.3, -0.25) is 19.3 Å². The van der Waals surface area contributed by atoms with Gasteiger partial charge in [-0.15, -0.1) is 0 Å². The smallest absolute Gasteiger partial charge is 0.361 e. The zero-order valence-electron chi connectivity index (χ0n) is 17.1. The Kier molecular flexibility index (Phi) is 6.28. The maximum Gasteiger partial charge on any atom is 0.416 e. The number of aromatic nitrogens is 1. The molecular formula is C23H18F3N3O3S. The molecule has 3 amide bonds. The normalized spacial score (nSPS) is 15.6. The Bertz CT molecular complexity index is 1250. The Labute approximate surface area is 190 Å². The average Bonchev–Trinajstić information content (AvgIpc) is 3.30. The molecule has 1 saturated heterocycles. The number of alkyl halides is 3. The van der Waals surface area contributed by atoms with Crippen LogP contribution in [0.4, 0.5) is 18.0 Å². The van der Waals surface area contributed by atoms with Crippen LogP contribution in [0.15, 0.2) is 59.6 Å². The summed E-state index contributed by atoms with van der Waals surface area (Å²) in [5.74, 6) is -1.13. The minimum Gasteiger partial charge on any atom is -0.361 e. The van der Waals surface area contributed by atoms with Crippen LogP contribution in [0.1, 0.15) is 16.7 Å². The number of carbonyl (C=O) groups is 3. The molecule has 3 aromatic rings. The highest BCUT2D eigenvalue weighted by Crippen LogP contribution is 2.33. The van der Waals surface area contributed by atoms with E-state index < -0.39 is 35.3 Å². The third-order valence-corrected chi connectivity index (χ3v) is 6.01. The fourth-order valence-electron chi connectivity index (χ4n) is 3.43. The molecule has 33 heavy (non-hydrogen) atoms. The first-order valence-electron chi connectivity index (χ1n) is 9.97. The summed E-state index contributed by atoms with van der Waals surface area (Å²) >= 11 is 0.644. The van der Waals surface area contributed by atoms with Crippen molar-refractivity contribution < 1.29 is 27.6 Å². The number of aromatic amines is 1. The Balaban J connectivity index is 1.33. The number of halogens is 3. The van der Waals surface area contributed by atoms with Crippen LogP contribution in [-0.2, 0) is 22.2 Å². The summed E-state index contributed by atoms with van der Waals surface area (Å²) in [5.41, 5.74) is 1.57. The standard InChI is InChI=1S/C23H18F3N3O3S/c24-23(25,26)16-7-5-14(6-8-16)11-19-21(31)29(22(32)33-19)13-20(30)27-10-9-15-12-28-18-4-2-1-3-17(15)18/h1-8,11-12,28H,9-10,13H2,(H,27,30)/b19-11-. The van der Waals surface area contributed by atoms with Crippen LogP contribution in [0, 0.1) is 0 Å². The molecule has 0 bridgehead atoms. The van der Waals surface area contributed by atoms with Crippen LogP contribution < -0.4 is 5.32 Å². The highest BCUT2D eigenvalue weighted by atomic mass is 32.2. The first-order valence-corrected chi connectivity index (χ1v) is 10.8. The van der Waals surface area contributed by atoms with E-state index in [-0.39, 0.29) is 4.91 Å². The first kappa shape index (κ1) is 22.7. The quantitative estimate of drug-likeness (QED) is 0.514. The van der Waals surface area contributed by atoms with E-state index in [1.165, 1.54) is 18.2 Å². The van der Waals surface area contributed by atoms with Crippen molar-refractivity contribution in [1.82, 2.24) is 15.2 Å². The highest BCUT2D eigenvalue weighted by Gasteiger charge is 2.36. The SMILES string of the molecule is O=C(CN1C(=O)S/C(=C\c2ccc(C(F)(F)F)cc2)C1=O)NCCc1c[nH]c2ccccc12. The topological polar surface area (TPSA) is 82.3 Å². The monoisotopic (exact) mass is 473 g/mol. The summed E-state index contributed by atoms with van der Waals surface area (Å²) < 4.78 is 38.1. The lowest BCUT2D eigenvalue weighted by molar-refractivity contribution is -0.137. The summed E-state index contributed by atoms with van der Waals surface area (Å²) in [4.78, 5) is 41.1. The molecule has 0 unspecified atom stereocenters. The molecule has 1 aromatic heterocycles. The zero-order chi connectivity index (χ0) is 23.6. The van der Waals surface area contributed by atoms with Crippen molar-refractivity contribution in [2.75, 3.05) is 13.1 Å². The van der Waals surface area contributed by atoms with Crippen molar-refractivity contribution in [3.8, 4) is 0 Å². The van der Waals surface area contributed by atoms with Gasteiger partial charge in [0.15, 0.2) is 0 Å². The van der Waals surface area contributed by atoms with Gasteiger partial charge in [0.25, 0.3) is 11.1 Å². The van der Waals surface area contributed by atoms with Crippen LogP contribution >= 0.6 is 11.8 Å². The number of thioether (sulfide) groups is 1.